The minimum atomic E-state index is 0.322. The Labute approximate surface area is 127 Å². The summed E-state index contributed by atoms with van der Waals surface area (Å²) in [6.07, 6.45) is 8.98. The van der Waals surface area contributed by atoms with Crippen molar-refractivity contribution in [1.82, 2.24) is 14.9 Å². The molecule has 1 saturated carbocycles. The summed E-state index contributed by atoms with van der Waals surface area (Å²) in [7, 11) is 2.06. The van der Waals surface area contributed by atoms with Crippen molar-refractivity contribution in [2.24, 2.45) is 7.05 Å². The van der Waals surface area contributed by atoms with Crippen LogP contribution < -0.4 is 5.32 Å². The van der Waals surface area contributed by atoms with Gasteiger partial charge in [0, 0.05) is 25.5 Å². The smallest absolute Gasteiger partial charge is 0.125 e. The van der Waals surface area contributed by atoms with Crippen LogP contribution in [-0.2, 0) is 7.05 Å². The maximum Gasteiger partial charge on any atom is 0.125 e. The van der Waals surface area contributed by atoms with Crippen molar-refractivity contribution in [1.29, 1.82) is 0 Å². The van der Waals surface area contributed by atoms with Crippen LogP contribution in [0.25, 0.3) is 0 Å². The summed E-state index contributed by atoms with van der Waals surface area (Å²) in [5, 5.41) is 3.75. The minimum Gasteiger partial charge on any atom is -0.337 e. The molecule has 0 amide bonds. The first-order valence-corrected chi connectivity index (χ1v) is 8.02. The molecular weight excluding hydrogens is 258 g/mol. The van der Waals surface area contributed by atoms with E-state index in [1.54, 1.807) is 0 Å². The highest BCUT2D eigenvalue weighted by Crippen LogP contribution is 2.33. The summed E-state index contributed by atoms with van der Waals surface area (Å²) in [6, 6.07) is 11.9. The van der Waals surface area contributed by atoms with Gasteiger partial charge in [0.15, 0.2) is 0 Å². The first-order valence-electron chi connectivity index (χ1n) is 8.02. The summed E-state index contributed by atoms with van der Waals surface area (Å²) in [4.78, 5) is 4.44. The summed E-state index contributed by atoms with van der Waals surface area (Å²) >= 11 is 0. The Bertz CT molecular complexity index is 553. The average Bonchev–Trinajstić information content (AvgIpc) is 2.95. The number of imidazole rings is 1. The quantitative estimate of drug-likeness (QED) is 0.925. The van der Waals surface area contributed by atoms with E-state index in [2.05, 4.69) is 59.2 Å². The average molecular weight is 283 g/mol. The molecule has 3 rings (SSSR count). The Balaban J connectivity index is 1.53. The first kappa shape index (κ1) is 14.3. The number of nitrogens with one attached hydrogen (secondary N) is 1. The lowest BCUT2D eigenvalue weighted by Gasteiger charge is -2.31. The van der Waals surface area contributed by atoms with Gasteiger partial charge in [-0.25, -0.2) is 4.98 Å². The molecule has 1 heterocycles. The Morgan fingerprint density at radius 2 is 1.86 bits per heavy atom. The Kier molecular flexibility index (Phi) is 4.39. The molecule has 0 radical (unpaired) electrons. The van der Waals surface area contributed by atoms with Gasteiger partial charge in [0.05, 0.1) is 6.04 Å². The molecule has 3 heteroatoms. The number of aromatic nitrogens is 2. The fourth-order valence-corrected chi connectivity index (χ4v) is 3.54. The van der Waals surface area contributed by atoms with Crippen LogP contribution in [0, 0.1) is 0 Å². The zero-order valence-electron chi connectivity index (χ0n) is 13.0. The molecule has 1 atom stereocenters. The molecule has 1 aliphatic rings. The molecule has 1 N–H and O–H groups in total. The van der Waals surface area contributed by atoms with Crippen LogP contribution in [0.5, 0.6) is 0 Å². The molecule has 1 fully saturated rings. The normalized spacial score (nSPS) is 23.9. The van der Waals surface area contributed by atoms with Crippen LogP contribution in [0.15, 0.2) is 42.7 Å². The number of rotatable bonds is 4. The maximum absolute atomic E-state index is 4.44. The molecular formula is C18H25N3. The van der Waals surface area contributed by atoms with E-state index in [9.17, 15) is 0 Å². The standard InChI is InChI=1S/C18H25N3/c1-14(18-19-12-13-21(18)2)20-17-10-8-16(9-11-17)15-6-4-3-5-7-15/h3-7,12-14,16-17,20H,8-11H2,1-2H3. The van der Waals surface area contributed by atoms with Crippen LogP contribution in [0.2, 0.25) is 0 Å². The largest absolute Gasteiger partial charge is 0.337 e. The molecule has 2 aromatic rings. The van der Waals surface area contributed by atoms with E-state index in [0.29, 0.717) is 12.1 Å². The van der Waals surface area contributed by atoms with Crippen molar-refractivity contribution in [2.75, 3.05) is 0 Å². The third-order valence-corrected chi connectivity index (χ3v) is 4.73. The molecule has 1 unspecified atom stereocenters. The van der Waals surface area contributed by atoms with Gasteiger partial charge in [-0.3, -0.25) is 0 Å². The van der Waals surface area contributed by atoms with Crippen molar-refractivity contribution < 1.29 is 0 Å². The van der Waals surface area contributed by atoms with E-state index in [1.807, 2.05) is 12.4 Å². The molecule has 0 bridgehead atoms. The van der Waals surface area contributed by atoms with Gasteiger partial charge in [0.2, 0.25) is 0 Å². The van der Waals surface area contributed by atoms with Crippen LogP contribution in [0.4, 0.5) is 0 Å². The fourth-order valence-electron chi connectivity index (χ4n) is 3.54. The van der Waals surface area contributed by atoms with Crippen LogP contribution in [0.1, 0.15) is 56.0 Å². The molecule has 21 heavy (non-hydrogen) atoms. The van der Waals surface area contributed by atoms with Gasteiger partial charge in [0.1, 0.15) is 5.82 Å². The highest BCUT2D eigenvalue weighted by atomic mass is 15.1. The summed E-state index contributed by atoms with van der Waals surface area (Å²) < 4.78 is 2.10. The number of nitrogens with zero attached hydrogens (tertiary/aromatic N) is 2. The maximum atomic E-state index is 4.44. The second kappa shape index (κ2) is 6.44. The SMILES string of the molecule is CC(NC1CCC(c2ccccc2)CC1)c1nccn1C. The minimum absolute atomic E-state index is 0.322. The van der Waals surface area contributed by atoms with E-state index < -0.39 is 0 Å². The molecule has 0 aliphatic heterocycles. The van der Waals surface area contributed by atoms with Crippen LogP contribution in [-0.4, -0.2) is 15.6 Å². The van der Waals surface area contributed by atoms with E-state index >= 15 is 0 Å². The second-order valence-corrected chi connectivity index (χ2v) is 6.24. The van der Waals surface area contributed by atoms with Crippen molar-refractivity contribution in [3.05, 3.63) is 54.1 Å². The van der Waals surface area contributed by atoms with Crippen molar-refractivity contribution in [3.63, 3.8) is 0 Å². The van der Waals surface area contributed by atoms with Crippen LogP contribution in [0.3, 0.4) is 0 Å². The Hall–Kier alpha value is -1.61. The summed E-state index contributed by atoms with van der Waals surface area (Å²) in [5.74, 6) is 1.87. The van der Waals surface area contributed by atoms with E-state index in [-0.39, 0.29) is 0 Å². The Morgan fingerprint density at radius 1 is 1.14 bits per heavy atom. The van der Waals surface area contributed by atoms with E-state index in [1.165, 1.54) is 31.2 Å². The van der Waals surface area contributed by atoms with E-state index in [4.69, 9.17) is 0 Å². The lowest BCUT2D eigenvalue weighted by molar-refractivity contribution is 0.316. The highest BCUT2D eigenvalue weighted by molar-refractivity contribution is 5.20. The predicted molar refractivity (Wildman–Crippen MR) is 86.2 cm³/mol. The van der Waals surface area contributed by atoms with Gasteiger partial charge in [0.25, 0.3) is 0 Å². The summed E-state index contributed by atoms with van der Waals surface area (Å²) in [6.45, 7) is 2.21. The number of hydrogen-bond donors (Lipinski definition) is 1. The topological polar surface area (TPSA) is 29.9 Å². The predicted octanol–water partition coefficient (Wildman–Crippen LogP) is 3.80. The Morgan fingerprint density at radius 3 is 2.48 bits per heavy atom. The van der Waals surface area contributed by atoms with Gasteiger partial charge in [-0.15, -0.1) is 0 Å². The summed E-state index contributed by atoms with van der Waals surface area (Å²) in [5.41, 5.74) is 1.51. The van der Waals surface area contributed by atoms with Crippen molar-refractivity contribution in [2.45, 2.75) is 50.6 Å². The zero-order chi connectivity index (χ0) is 14.7. The third-order valence-electron chi connectivity index (χ3n) is 4.73. The van der Waals surface area contributed by atoms with Gasteiger partial charge in [-0.2, -0.15) is 0 Å². The van der Waals surface area contributed by atoms with Gasteiger partial charge in [-0.05, 0) is 44.1 Å². The van der Waals surface area contributed by atoms with Crippen LogP contribution >= 0.6 is 0 Å². The molecule has 1 aromatic carbocycles. The second-order valence-electron chi connectivity index (χ2n) is 6.24. The lowest BCUT2D eigenvalue weighted by atomic mass is 9.81. The monoisotopic (exact) mass is 283 g/mol. The fraction of sp³-hybridized carbons (Fsp3) is 0.500. The number of aryl methyl sites for hydroxylation is 1. The third kappa shape index (κ3) is 3.35. The highest BCUT2D eigenvalue weighted by Gasteiger charge is 2.24. The molecule has 112 valence electrons. The molecule has 1 aromatic heterocycles. The number of benzene rings is 1. The molecule has 3 nitrogen and oxygen atoms in total. The molecule has 1 aliphatic carbocycles. The van der Waals surface area contributed by atoms with Gasteiger partial charge >= 0.3 is 0 Å². The van der Waals surface area contributed by atoms with Gasteiger partial charge < -0.3 is 9.88 Å². The zero-order valence-corrected chi connectivity index (χ0v) is 13.0. The van der Waals surface area contributed by atoms with Crippen molar-refractivity contribution >= 4 is 0 Å². The first-order chi connectivity index (χ1) is 10.2. The molecule has 0 spiro atoms. The van der Waals surface area contributed by atoms with Gasteiger partial charge in [-0.1, -0.05) is 30.3 Å². The lowest BCUT2D eigenvalue weighted by Crippen LogP contribution is -2.35. The van der Waals surface area contributed by atoms with Crippen molar-refractivity contribution in [3.8, 4) is 0 Å². The molecule has 0 saturated heterocycles. The van der Waals surface area contributed by atoms with E-state index in [0.717, 1.165) is 11.7 Å². The number of hydrogen-bond acceptors (Lipinski definition) is 2.